The zero-order valence-corrected chi connectivity index (χ0v) is 23.2. The molecule has 2 atom stereocenters. The van der Waals surface area contributed by atoms with Gasteiger partial charge in [0.25, 0.3) is 0 Å². The number of amides is 1. The highest BCUT2D eigenvalue weighted by molar-refractivity contribution is 5.77. The molecule has 37 heavy (non-hydrogen) atoms. The number of carbonyl (C=O) groups excluding carboxylic acids is 1. The van der Waals surface area contributed by atoms with Gasteiger partial charge in [-0.1, -0.05) is 89.9 Å². The molecule has 2 N–H and O–H groups in total. The van der Waals surface area contributed by atoms with Gasteiger partial charge >= 0.3 is 0 Å². The molecule has 4 nitrogen and oxygen atoms in total. The van der Waals surface area contributed by atoms with Crippen LogP contribution in [-0.2, 0) is 11.2 Å². The van der Waals surface area contributed by atoms with Crippen molar-refractivity contribution < 1.29 is 9.18 Å². The van der Waals surface area contributed by atoms with Crippen molar-refractivity contribution in [3.05, 3.63) is 83.9 Å². The average Bonchev–Trinajstić information content (AvgIpc) is 3.79. The molecule has 1 amide bonds. The van der Waals surface area contributed by atoms with E-state index in [0.717, 1.165) is 42.6 Å². The second-order valence-corrected chi connectivity index (χ2v) is 9.46. The van der Waals surface area contributed by atoms with Crippen LogP contribution in [0.25, 0.3) is 11.1 Å². The standard InChI is InChI=1S/C22H30N2O.C8H8FN.C2H6/c1-4-6-18-7-9-19(10-8-18)20-11-13-21(14-12-20)24(16-25)15-22(23)17(3)5-2;9-8-3-1-2-7(10-8)6-4-5-6;1-2/h7-14,16-17,22H,4-6,15,23H2,1-3H3;1-3,6H,4-5H2;1-2H3/t17-,22?;;/m0../s1. The Labute approximate surface area is 223 Å². The number of anilines is 1. The lowest BCUT2D eigenvalue weighted by atomic mass is 9.99. The first-order valence-electron chi connectivity index (χ1n) is 13.7. The van der Waals surface area contributed by atoms with E-state index in [1.165, 1.54) is 30.0 Å². The van der Waals surface area contributed by atoms with Gasteiger partial charge in [-0.2, -0.15) is 4.39 Å². The lowest BCUT2D eigenvalue weighted by molar-refractivity contribution is -0.107. The molecule has 0 radical (unpaired) electrons. The number of benzene rings is 2. The van der Waals surface area contributed by atoms with Gasteiger partial charge in [0.05, 0.1) is 0 Å². The Morgan fingerprint density at radius 2 is 1.59 bits per heavy atom. The molecule has 1 saturated carbocycles. The van der Waals surface area contributed by atoms with Crippen LogP contribution in [0.4, 0.5) is 10.1 Å². The number of aryl methyl sites for hydroxylation is 1. The van der Waals surface area contributed by atoms with Gasteiger partial charge in [-0.05, 0) is 66.1 Å². The van der Waals surface area contributed by atoms with Crippen LogP contribution >= 0.6 is 0 Å². The van der Waals surface area contributed by atoms with Crippen molar-refractivity contribution in [1.29, 1.82) is 0 Å². The molecule has 4 rings (SSSR count). The van der Waals surface area contributed by atoms with E-state index in [9.17, 15) is 9.18 Å². The van der Waals surface area contributed by atoms with Crippen molar-refractivity contribution in [2.24, 2.45) is 11.7 Å². The summed E-state index contributed by atoms with van der Waals surface area (Å²) in [6.07, 6.45) is 6.52. The van der Waals surface area contributed by atoms with E-state index in [2.05, 4.69) is 62.2 Å². The van der Waals surface area contributed by atoms with Crippen molar-refractivity contribution >= 4 is 12.1 Å². The van der Waals surface area contributed by atoms with E-state index in [4.69, 9.17) is 5.73 Å². The molecule has 3 aromatic rings. The third-order valence-electron chi connectivity index (χ3n) is 6.67. The number of rotatable bonds is 10. The Balaban J connectivity index is 0.000000330. The van der Waals surface area contributed by atoms with Gasteiger partial charge in [0, 0.05) is 29.9 Å². The number of nitrogens with two attached hydrogens (primary N) is 1. The van der Waals surface area contributed by atoms with E-state index in [-0.39, 0.29) is 12.0 Å². The van der Waals surface area contributed by atoms with Gasteiger partial charge in [-0.25, -0.2) is 4.98 Å². The molecule has 0 aliphatic heterocycles. The molecule has 0 saturated heterocycles. The predicted molar refractivity (Wildman–Crippen MR) is 154 cm³/mol. The summed E-state index contributed by atoms with van der Waals surface area (Å²) in [6, 6.07) is 21.8. The van der Waals surface area contributed by atoms with Crippen LogP contribution in [0.3, 0.4) is 0 Å². The third kappa shape index (κ3) is 9.73. The van der Waals surface area contributed by atoms with Gasteiger partial charge in [0.2, 0.25) is 12.4 Å². The topological polar surface area (TPSA) is 59.2 Å². The molecule has 1 fully saturated rings. The Morgan fingerprint density at radius 3 is 2.08 bits per heavy atom. The fraction of sp³-hybridized carbons (Fsp3) is 0.438. The largest absolute Gasteiger partial charge is 0.326 e. The lowest BCUT2D eigenvalue weighted by Crippen LogP contribution is -2.40. The molecule has 1 aromatic heterocycles. The molecule has 1 unspecified atom stereocenters. The summed E-state index contributed by atoms with van der Waals surface area (Å²) in [7, 11) is 0. The molecular formula is C32H44FN3O. The van der Waals surface area contributed by atoms with Gasteiger partial charge < -0.3 is 10.6 Å². The Bertz CT molecular complexity index is 1050. The fourth-order valence-corrected chi connectivity index (χ4v) is 3.95. The summed E-state index contributed by atoms with van der Waals surface area (Å²) >= 11 is 0. The third-order valence-corrected chi connectivity index (χ3v) is 6.67. The molecule has 0 spiro atoms. The van der Waals surface area contributed by atoms with E-state index < -0.39 is 0 Å². The van der Waals surface area contributed by atoms with Crippen LogP contribution in [0.2, 0.25) is 0 Å². The van der Waals surface area contributed by atoms with Crippen molar-refractivity contribution in [3.8, 4) is 11.1 Å². The predicted octanol–water partition coefficient (Wildman–Crippen LogP) is 7.77. The smallest absolute Gasteiger partial charge is 0.214 e. The Morgan fingerprint density at radius 1 is 1.00 bits per heavy atom. The van der Waals surface area contributed by atoms with E-state index in [0.29, 0.717) is 18.4 Å². The van der Waals surface area contributed by atoms with Gasteiger partial charge in [0.1, 0.15) is 0 Å². The normalized spacial score (nSPS) is 13.8. The maximum atomic E-state index is 12.4. The SMILES string of the molecule is CC.CCCc1ccc(-c2ccc(N(C=O)CC(N)[C@@H](C)CC)cc2)cc1.Fc1cccc(C2CC2)n1. The first-order valence-corrected chi connectivity index (χ1v) is 13.7. The molecule has 0 bridgehead atoms. The van der Waals surface area contributed by atoms with Gasteiger partial charge in [-0.3, -0.25) is 4.79 Å². The summed E-state index contributed by atoms with van der Waals surface area (Å²) in [4.78, 5) is 16.9. The van der Waals surface area contributed by atoms with Crippen LogP contribution in [0.15, 0.2) is 66.7 Å². The number of hydrogen-bond donors (Lipinski definition) is 1. The Kier molecular flexibility index (Phi) is 13.0. The van der Waals surface area contributed by atoms with Crippen LogP contribution in [0.5, 0.6) is 0 Å². The Hall–Kier alpha value is -3.05. The van der Waals surface area contributed by atoms with Gasteiger partial charge in [0.15, 0.2) is 0 Å². The van der Waals surface area contributed by atoms with E-state index in [1.807, 2.05) is 32.0 Å². The summed E-state index contributed by atoms with van der Waals surface area (Å²) in [5.74, 6) is 0.587. The number of aromatic nitrogens is 1. The summed E-state index contributed by atoms with van der Waals surface area (Å²) < 4.78 is 12.4. The molecule has 1 aliphatic rings. The van der Waals surface area contributed by atoms with E-state index in [1.54, 1.807) is 11.0 Å². The van der Waals surface area contributed by atoms with Gasteiger partial charge in [-0.15, -0.1) is 0 Å². The first kappa shape index (κ1) is 30.2. The summed E-state index contributed by atoms with van der Waals surface area (Å²) in [6.45, 7) is 11.0. The number of nitrogens with zero attached hydrogens (tertiary/aromatic N) is 2. The number of halogens is 1. The second-order valence-electron chi connectivity index (χ2n) is 9.46. The van der Waals surface area contributed by atoms with Crippen LogP contribution in [0, 0.1) is 11.9 Å². The lowest BCUT2D eigenvalue weighted by Gasteiger charge is -2.25. The average molecular weight is 506 g/mol. The van der Waals surface area contributed by atoms with Crippen molar-refractivity contribution in [3.63, 3.8) is 0 Å². The number of carbonyl (C=O) groups is 1. The minimum absolute atomic E-state index is 0.0130. The van der Waals surface area contributed by atoms with Crippen LogP contribution < -0.4 is 10.6 Å². The fourth-order valence-electron chi connectivity index (χ4n) is 3.95. The van der Waals surface area contributed by atoms with E-state index >= 15 is 0 Å². The number of hydrogen-bond acceptors (Lipinski definition) is 3. The molecular weight excluding hydrogens is 461 g/mol. The zero-order valence-electron chi connectivity index (χ0n) is 23.2. The molecule has 200 valence electrons. The highest BCUT2D eigenvalue weighted by Gasteiger charge is 2.24. The van der Waals surface area contributed by atoms with Crippen molar-refractivity contribution in [2.75, 3.05) is 11.4 Å². The molecule has 1 aliphatic carbocycles. The van der Waals surface area contributed by atoms with Crippen molar-refractivity contribution in [1.82, 2.24) is 4.98 Å². The van der Waals surface area contributed by atoms with Crippen LogP contribution in [-0.4, -0.2) is 24.0 Å². The second kappa shape index (κ2) is 15.9. The minimum atomic E-state index is -0.357. The zero-order chi connectivity index (χ0) is 27.2. The minimum Gasteiger partial charge on any atom is -0.326 e. The number of pyridine rings is 1. The van der Waals surface area contributed by atoms with Crippen LogP contribution in [0.1, 0.15) is 77.5 Å². The highest BCUT2D eigenvalue weighted by Crippen LogP contribution is 2.38. The maximum absolute atomic E-state index is 12.4. The molecule has 1 heterocycles. The maximum Gasteiger partial charge on any atom is 0.214 e. The van der Waals surface area contributed by atoms with Crippen molar-refractivity contribution in [2.45, 2.75) is 78.7 Å². The summed E-state index contributed by atoms with van der Waals surface area (Å²) in [5.41, 5.74) is 11.7. The quantitative estimate of drug-likeness (QED) is 0.226. The monoisotopic (exact) mass is 505 g/mol. The first-order chi connectivity index (χ1) is 17.9. The highest BCUT2D eigenvalue weighted by atomic mass is 19.1. The summed E-state index contributed by atoms with van der Waals surface area (Å²) in [5, 5.41) is 0. The molecule has 2 aromatic carbocycles. The molecule has 5 heteroatoms.